The van der Waals surface area contributed by atoms with Gasteiger partial charge in [-0.2, -0.15) is 0 Å². The van der Waals surface area contributed by atoms with Crippen LogP contribution in [-0.4, -0.2) is 31.5 Å². The predicted molar refractivity (Wildman–Crippen MR) is 107 cm³/mol. The molecule has 3 N–H and O–H groups in total. The van der Waals surface area contributed by atoms with E-state index in [1.807, 2.05) is 25.1 Å². The summed E-state index contributed by atoms with van der Waals surface area (Å²) in [7, 11) is 0. The minimum atomic E-state index is -0.100. The van der Waals surface area contributed by atoms with E-state index in [-0.39, 0.29) is 36.4 Å². The number of amides is 1. The fourth-order valence-corrected chi connectivity index (χ4v) is 2.13. The number of rotatable bonds is 7. The molecule has 1 aliphatic rings. The zero-order valence-corrected chi connectivity index (χ0v) is 16.2. The predicted octanol–water partition coefficient (Wildman–Crippen LogP) is 2.77. The third-order valence-corrected chi connectivity index (χ3v) is 3.60. The van der Waals surface area contributed by atoms with Gasteiger partial charge in [0, 0.05) is 18.8 Å². The van der Waals surface area contributed by atoms with Crippen LogP contribution in [0.1, 0.15) is 32.3 Å². The zero-order chi connectivity index (χ0) is 15.8. The number of nitrogens with zero attached hydrogens (tertiary/aromatic N) is 1. The summed E-state index contributed by atoms with van der Waals surface area (Å²) in [6.45, 7) is 5.96. The third kappa shape index (κ3) is 7.67. The molecule has 0 atom stereocenters. The molecule has 0 aromatic heterocycles. The number of anilines is 1. The van der Waals surface area contributed by atoms with Crippen LogP contribution in [0.4, 0.5) is 5.69 Å². The molecule has 0 aliphatic heterocycles. The number of aryl methyl sites for hydroxylation is 1. The highest BCUT2D eigenvalue weighted by molar-refractivity contribution is 14.0. The molecule has 1 aromatic rings. The normalized spacial score (nSPS) is 13.9. The lowest BCUT2D eigenvalue weighted by molar-refractivity contribution is -0.114. The smallest absolute Gasteiger partial charge is 0.246 e. The number of hydrogen-bond donors (Lipinski definition) is 3. The monoisotopic (exact) mass is 430 g/mol. The second kappa shape index (κ2) is 10.5. The molecule has 1 amide bonds. The maximum Gasteiger partial charge on any atom is 0.246 e. The van der Waals surface area contributed by atoms with E-state index < -0.39 is 0 Å². The molecule has 0 unspecified atom stereocenters. The maximum absolute atomic E-state index is 12.0. The molecule has 5 nitrogen and oxygen atoms in total. The van der Waals surface area contributed by atoms with Crippen LogP contribution in [0.3, 0.4) is 0 Å². The van der Waals surface area contributed by atoms with Gasteiger partial charge in [0.1, 0.15) is 6.54 Å². The lowest BCUT2D eigenvalue weighted by Gasteiger charge is -2.11. The van der Waals surface area contributed by atoms with Crippen molar-refractivity contribution in [2.45, 2.75) is 33.1 Å². The van der Waals surface area contributed by atoms with Gasteiger partial charge in [0.05, 0.1) is 0 Å². The summed E-state index contributed by atoms with van der Waals surface area (Å²) in [5.41, 5.74) is 2.04. The Morgan fingerprint density at radius 3 is 2.70 bits per heavy atom. The van der Waals surface area contributed by atoms with Gasteiger partial charge in [0.25, 0.3) is 0 Å². The standard InChI is InChI=1S/C17H26N4O.HI/c1-3-13-6-5-7-15(10-13)21-16(22)12-20-17(18-4-2)19-11-14-8-9-14;/h5-7,10,14H,3-4,8-9,11-12H2,1-2H3,(H,21,22)(H2,18,19,20);1H. The fourth-order valence-electron chi connectivity index (χ4n) is 2.13. The number of nitrogens with one attached hydrogen (secondary N) is 3. The average Bonchev–Trinajstić information content (AvgIpc) is 3.34. The van der Waals surface area contributed by atoms with Gasteiger partial charge in [0.2, 0.25) is 5.91 Å². The molecule has 0 radical (unpaired) electrons. The van der Waals surface area contributed by atoms with Crippen molar-refractivity contribution < 1.29 is 4.79 Å². The van der Waals surface area contributed by atoms with Crippen LogP contribution in [-0.2, 0) is 11.2 Å². The first-order chi connectivity index (χ1) is 10.7. The van der Waals surface area contributed by atoms with E-state index in [2.05, 4.69) is 33.9 Å². The number of halogens is 1. The van der Waals surface area contributed by atoms with Gasteiger partial charge in [-0.15, -0.1) is 24.0 Å². The molecule has 128 valence electrons. The number of carbonyl (C=O) groups is 1. The second-order valence-electron chi connectivity index (χ2n) is 5.62. The molecule has 6 heteroatoms. The Morgan fingerprint density at radius 2 is 2.04 bits per heavy atom. The van der Waals surface area contributed by atoms with Gasteiger partial charge in [-0.05, 0) is 49.8 Å². The Kier molecular flexibility index (Phi) is 8.98. The summed E-state index contributed by atoms with van der Waals surface area (Å²) in [4.78, 5) is 16.3. The lowest BCUT2D eigenvalue weighted by atomic mass is 10.1. The Morgan fingerprint density at radius 1 is 1.26 bits per heavy atom. The SMILES string of the molecule is CCNC(=NCC(=O)Nc1cccc(CC)c1)NCC1CC1.I. The van der Waals surface area contributed by atoms with Gasteiger partial charge < -0.3 is 16.0 Å². The first kappa shape index (κ1) is 19.7. The molecule has 2 rings (SSSR count). The first-order valence-electron chi connectivity index (χ1n) is 8.12. The molecule has 0 heterocycles. The summed E-state index contributed by atoms with van der Waals surface area (Å²) in [6, 6.07) is 7.91. The van der Waals surface area contributed by atoms with E-state index in [1.165, 1.54) is 18.4 Å². The van der Waals surface area contributed by atoms with Crippen molar-refractivity contribution in [2.75, 3.05) is 25.0 Å². The molecular weight excluding hydrogens is 403 g/mol. The van der Waals surface area contributed by atoms with Crippen molar-refractivity contribution in [3.8, 4) is 0 Å². The highest BCUT2D eigenvalue weighted by Gasteiger charge is 2.21. The van der Waals surface area contributed by atoms with Gasteiger partial charge >= 0.3 is 0 Å². The average molecular weight is 430 g/mol. The van der Waals surface area contributed by atoms with Crippen molar-refractivity contribution >= 4 is 41.5 Å². The quantitative estimate of drug-likeness (QED) is 0.354. The van der Waals surface area contributed by atoms with Crippen molar-refractivity contribution in [1.29, 1.82) is 0 Å². The number of hydrogen-bond acceptors (Lipinski definition) is 2. The van der Waals surface area contributed by atoms with Gasteiger partial charge in [-0.25, -0.2) is 4.99 Å². The fraction of sp³-hybridized carbons (Fsp3) is 0.529. The molecule has 23 heavy (non-hydrogen) atoms. The Balaban J connectivity index is 0.00000264. The summed E-state index contributed by atoms with van der Waals surface area (Å²) in [6.07, 6.45) is 3.54. The van der Waals surface area contributed by atoms with E-state index in [4.69, 9.17) is 0 Å². The van der Waals surface area contributed by atoms with Crippen LogP contribution in [0, 0.1) is 5.92 Å². The van der Waals surface area contributed by atoms with E-state index in [0.29, 0.717) is 5.96 Å². The number of carbonyl (C=O) groups excluding carboxylic acids is 1. The minimum absolute atomic E-state index is 0. The Hall–Kier alpha value is -1.31. The van der Waals surface area contributed by atoms with Gasteiger partial charge in [-0.1, -0.05) is 19.1 Å². The van der Waals surface area contributed by atoms with Gasteiger partial charge in [0.15, 0.2) is 5.96 Å². The van der Waals surface area contributed by atoms with E-state index in [1.54, 1.807) is 0 Å². The summed E-state index contributed by atoms with van der Waals surface area (Å²) >= 11 is 0. The third-order valence-electron chi connectivity index (χ3n) is 3.60. The highest BCUT2D eigenvalue weighted by atomic mass is 127. The molecule has 1 fully saturated rings. The van der Waals surface area contributed by atoms with Crippen LogP contribution in [0.15, 0.2) is 29.3 Å². The Labute approximate surface area is 155 Å². The van der Waals surface area contributed by atoms with E-state index in [0.717, 1.165) is 31.1 Å². The summed E-state index contributed by atoms with van der Waals surface area (Å²) in [5.74, 6) is 1.39. The first-order valence-corrected chi connectivity index (χ1v) is 8.12. The molecule has 0 spiro atoms. The largest absolute Gasteiger partial charge is 0.357 e. The molecule has 1 aromatic carbocycles. The minimum Gasteiger partial charge on any atom is -0.357 e. The second-order valence-corrected chi connectivity index (χ2v) is 5.62. The van der Waals surface area contributed by atoms with Crippen LogP contribution in [0.2, 0.25) is 0 Å². The van der Waals surface area contributed by atoms with Crippen LogP contribution >= 0.6 is 24.0 Å². The molecule has 0 saturated heterocycles. The van der Waals surface area contributed by atoms with Crippen LogP contribution in [0.25, 0.3) is 0 Å². The molecular formula is C17H27IN4O. The molecule has 1 aliphatic carbocycles. The van der Waals surface area contributed by atoms with Crippen molar-refractivity contribution in [3.05, 3.63) is 29.8 Å². The van der Waals surface area contributed by atoms with Crippen molar-refractivity contribution in [2.24, 2.45) is 10.9 Å². The summed E-state index contributed by atoms with van der Waals surface area (Å²) in [5, 5.41) is 9.33. The van der Waals surface area contributed by atoms with Crippen molar-refractivity contribution in [3.63, 3.8) is 0 Å². The lowest BCUT2D eigenvalue weighted by Crippen LogP contribution is -2.39. The topological polar surface area (TPSA) is 65.5 Å². The number of guanidine groups is 1. The van der Waals surface area contributed by atoms with E-state index >= 15 is 0 Å². The van der Waals surface area contributed by atoms with Crippen LogP contribution in [0.5, 0.6) is 0 Å². The maximum atomic E-state index is 12.0. The summed E-state index contributed by atoms with van der Waals surface area (Å²) < 4.78 is 0. The Bertz CT molecular complexity index is 529. The van der Waals surface area contributed by atoms with Gasteiger partial charge in [-0.3, -0.25) is 4.79 Å². The highest BCUT2D eigenvalue weighted by Crippen LogP contribution is 2.27. The van der Waals surface area contributed by atoms with Crippen molar-refractivity contribution in [1.82, 2.24) is 10.6 Å². The van der Waals surface area contributed by atoms with E-state index in [9.17, 15) is 4.79 Å². The molecule has 1 saturated carbocycles. The zero-order valence-electron chi connectivity index (χ0n) is 13.9. The number of benzene rings is 1. The number of aliphatic imine (C=N–C) groups is 1. The molecule has 0 bridgehead atoms. The van der Waals surface area contributed by atoms with Crippen LogP contribution < -0.4 is 16.0 Å².